The van der Waals surface area contributed by atoms with Crippen LogP contribution in [0.2, 0.25) is 0 Å². The second kappa shape index (κ2) is 10.00. The Labute approximate surface area is 162 Å². The van der Waals surface area contributed by atoms with E-state index in [1.807, 2.05) is 48.5 Å². The molecule has 1 aliphatic rings. The Morgan fingerprint density at radius 1 is 0.815 bits per heavy atom. The zero-order valence-corrected chi connectivity index (χ0v) is 16.2. The average molecular weight is 370 g/mol. The van der Waals surface area contributed by atoms with Gasteiger partial charge in [-0.15, -0.1) is 0 Å². The second-order valence-corrected chi connectivity index (χ2v) is 7.38. The first-order valence-electron chi connectivity index (χ1n) is 9.72. The van der Waals surface area contributed by atoms with Gasteiger partial charge in [-0.25, -0.2) is 0 Å². The molecule has 146 valence electrons. The molecule has 0 aliphatic carbocycles. The van der Waals surface area contributed by atoms with Crippen molar-refractivity contribution in [3.05, 3.63) is 71.8 Å². The van der Waals surface area contributed by atoms with Crippen LogP contribution in [0, 0.1) is 11.8 Å². The summed E-state index contributed by atoms with van der Waals surface area (Å²) in [5.41, 5.74) is 2.28. The van der Waals surface area contributed by atoms with E-state index in [9.17, 15) is 5.11 Å². The molecule has 3 rings (SSSR count). The van der Waals surface area contributed by atoms with E-state index < -0.39 is 0 Å². The van der Waals surface area contributed by atoms with E-state index in [2.05, 4.69) is 26.0 Å². The van der Waals surface area contributed by atoms with Crippen LogP contribution in [0.25, 0.3) is 0 Å². The highest BCUT2D eigenvalue weighted by Crippen LogP contribution is 2.33. The summed E-state index contributed by atoms with van der Waals surface area (Å²) in [4.78, 5) is 0. The largest absolute Gasteiger partial charge is 0.394 e. The van der Waals surface area contributed by atoms with Crippen LogP contribution in [0.15, 0.2) is 60.7 Å². The molecule has 1 saturated heterocycles. The maximum absolute atomic E-state index is 9.69. The van der Waals surface area contributed by atoms with Crippen LogP contribution < -0.4 is 0 Å². The van der Waals surface area contributed by atoms with Crippen LogP contribution in [0.5, 0.6) is 0 Å². The van der Waals surface area contributed by atoms with Gasteiger partial charge in [0.15, 0.2) is 0 Å². The molecule has 4 heteroatoms. The number of rotatable bonds is 8. The van der Waals surface area contributed by atoms with Gasteiger partial charge in [0.05, 0.1) is 38.6 Å². The highest BCUT2D eigenvalue weighted by Gasteiger charge is 2.41. The summed E-state index contributed by atoms with van der Waals surface area (Å²) in [6, 6.07) is 20.3. The molecule has 0 radical (unpaired) electrons. The third kappa shape index (κ3) is 5.39. The van der Waals surface area contributed by atoms with Crippen molar-refractivity contribution in [2.24, 2.45) is 11.8 Å². The van der Waals surface area contributed by atoms with Crippen molar-refractivity contribution in [2.75, 3.05) is 13.2 Å². The number of hydrogen-bond acceptors (Lipinski definition) is 4. The van der Waals surface area contributed by atoms with E-state index in [4.69, 9.17) is 14.2 Å². The average Bonchev–Trinajstić information content (AvgIpc) is 2.71. The van der Waals surface area contributed by atoms with Crippen molar-refractivity contribution >= 4 is 0 Å². The maximum atomic E-state index is 9.69. The fraction of sp³-hybridized carbons (Fsp3) is 0.478. The van der Waals surface area contributed by atoms with Gasteiger partial charge in [-0.2, -0.15) is 0 Å². The highest BCUT2D eigenvalue weighted by atomic mass is 16.6. The molecule has 4 nitrogen and oxygen atoms in total. The molecule has 2 aromatic carbocycles. The topological polar surface area (TPSA) is 47.9 Å². The molecule has 0 amide bonds. The Hall–Kier alpha value is -1.72. The Morgan fingerprint density at radius 2 is 1.41 bits per heavy atom. The first-order chi connectivity index (χ1) is 13.2. The molecule has 5 atom stereocenters. The monoisotopic (exact) mass is 370 g/mol. The van der Waals surface area contributed by atoms with Crippen LogP contribution >= 0.6 is 0 Å². The van der Waals surface area contributed by atoms with Gasteiger partial charge in [0.1, 0.15) is 6.10 Å². The third-order valence-corrected chi connectivity index (χ3v) is 5.51. The predicted octanol–water partition coefficient (Wildman–Crippen LogP) is 3.82. The Kier molecular flexibility index (Phi) is 7.41. The van der Waals surface area contributed by atoms with Gasteiger partial charge in [-0.1, -0.05) is 74.5 Å². The van der Waals surface area contributed by atoms with E-state index in [1.165, 1.54) is 0 Å². The fourth-order valence-electron chi connectivity index (χ4n) is 3.64. The van der Waals surface area contributed by atoms with Crippen molar-refractivity contribution in [1.29, 1.82) is 0 Å². The zero-order valence-electron chi connectivity index (χ0n) is 16.2. The van der Waals surface area contributed by atoms with Crippen molar-refractivity contribution in [2.45, 2.75) is 45.4 Å². The zero-order chi connectivity index (χ0) is 19.1. The van der Waals surface area contributed by atoms with E-state index in [1.54, 1.807) is 0 Å². The van der Waals surface area contributed by atoms with E-state index >= 15 is 0 Å². The molecule has 0 spiro atoms. The van der Waals surface area contributed by atoms with Crippen molar-refractivity contribution in [3.63, 3.8) is 0 Å². The molecule has 0 bridgehead atoms. The molecule has 2 aromatic rings. The predicted molar refractivity (Wildman–Crippen MR) is 105 cm³/mol. The van der Waals surface area contributed by atoms with Gasteiger partial charge in [0.2, 0.25) is 0 Å². The molecule has 1 heterocycles. The maximum Gasteiger partial charge on any atom is 0.108 e. The second-order valence-electron chi connectivity index (χ2n) is 7.38. The lowest BCUT2D eigenvalue weighted by molar-refractivity contribution is -0.213. The minimum absolute atomic E-state index is 0.0199. The van der Waals surface area contributed by atoms with Crippen molar-refractivity contribution in [1.82, 2.24) is 0 Å². The van der Waals surface area contributed by atoms with Gasteiger partial charge in [-0.3, -0.25) is 0 Å². The summed E-state index contributed by atoms with van der Waals surface area (Å²) in [5.74, 6) is 0.492. The SMILES string of the molecule is C[C@@H]1[C@H](C)[C@@H](CO)O[C@H](COCc2ccccc2)[C@H]1OCc1ccccc1. The Bertz CT molecular complexity index is 661. The van der Waals surface area contributed by atoms with Crippen LogP contribution in [0.1, 0.15) is 25.0 Å². The highest BCUT2D eigenvalue weighted by molar-refractivity contribution is 5.14. The third-order valence-electron chi connectivity index (χ3n) is 5.51. The Morgan fingerprint density at radius 3 is 2.00 bits per heavy atom. The summed E-state index contributed by atoms with van der Waals surface area (Å²) in [6.45, 7) is 5.85. The molecule has 1 aliphatic heterocycles. The number of ether oxygens (including phenoxy) is 3. The first-order valence-corrected chi connectivity index (χ1v) is 9.72. The summed E-state index contributed by atoms with van der Waals surface area (Å²) >= 11 is 0. The van der Waals surface area contributed by atoms with Gasteiger partial charge in [0, 0.05) is 0 Å². The van der Waals surface area contributed by atoms with Gasteiger partial charge >= 0.3 is 0 Å². The van der Waals surface area contributed by atoms with Crippen molar-refractivity contribution < 1.29 is 19.3 Å². The minimum Gasteiger partial charge on any atom is -0.394 e. The molecule has 0 unspecified atom stereocenters. The number of benzene rings is 2. The van der Waals surface area contributed by atoms with Crippen LogP contribution in [-0.2, 0) is 27.4 Å². The van der Waals surface area contributed by atoms with Crippen LogP contribution in [0.3, 0.4) is 0 Å². The first kappa shape index (κ1) is 20.0. The molecule has 1 N–H and O–H groups in total. The molecular formula is C23H30O4. The molecule has 0 saturated carbocycles. The quantitative estimate of drug-likeness (QED) is 0.767. The smallest absolute Gasteiger partial charge is 0.108 e. The van der Waals surface area contributed by atoms with E-state index in [0.29, 0.717) is 19.8 Å². The lowest BCUT2D eigenvalue weighted by Crippen LogP contribution is -2.53. The summed E-state index contributed by atoms with van der Waals surface area (Å²) < 4.78 is 18.4. The minimum atomic E-state index is -0.194. The van der Waals surface area contributed by atoms with E-state index in [-0.39, 0.29) is 36.8 Å². The van der Waals surface area contributed by atoms with Crippen LogP contribution in [-0.4, -0.2) is 36.6 Å². The summed E-state index contributed by atoms with van der Waals surface area (Å²) in [6.07, 6.45) is -0.443. The number of aliphatic hydroxyl groups is 1. The summed E-state index contributed by atoms with van der Waals surface area (Å²) in [7, 11) is 0. The van der Waals surface area contributed by atoms with Gasteiger partial charge < -0.3 is 19.3 Å². The Balaban J connectivity index is 1.62. The van der Waals surface area contributed by atoms with Crippen molar-refractivity contribution in [3.8, 4) is 0 Å². The van der Waals surface area contributed by atoms with E-state index in [0.717, 1.165) is 11.1 Å². The van der Waals surface area contributed by atoms with Gasteiger partial charge in [0.25, 0.3) is 0 Å². The fourth-order valence-corrected chi connectivity index (χ4v) is 3.64. The van der Waals surface area contributed by atoms with Crippen LogP contribution in [0.4, 0.5) is 0 Å². The molecule has 0 aromatic heterocycles. The molecular weight excluding hydrogens is 340 g/mol. The lowest BCUT2D eigenvalue weighted by Gasteiger charge is -2.44. The lowest BCUT2D eigenvalue weighted by atomic mass is 9.81. The summed E-state index contributed by atoms with van der Waals surface area (Å²) in [5, 5.41) is 9.69. The van der Waals surface area contributed by atoms with Gasteiger partial charge in [-0.05, 0) is 23.0 Å². The molecule has 27 heavy (non-hydrogen) atoms. The normalized spacial score (nSPS) is 28.2. The number of hydrogen-bond donors (Lipinski definition) is 1. The number of aliphatic hydroxyl groups excluding tert-OH is 1. The standard InChI is InChI=1S/C23H30O4/c1-17-18(2)23(26-15-20-11-7-4-8-12-20)22(27-21(17)13-24)16-25-14-19-9-5-3-6-10-19/h3-12,17-18,21-24H,13-16H2,1-2H3/t17-,18+,21+,22+,23-/m0/s1. The molecule has 1 fully saturated rings.